The van der Waals surface area contributed by atoms with Crippen LogP contribution in [0.15, 0.2) is 36.7 Å². The number of aromatic nitrogens is 2. The third-order valence-corrected chi connectivity index (χ3v) is 3.13. The summed E-state index contributed by atoms with van der Waals surface area (Å²) >= 11 is 0. The van der Waals surface area contributed by atoms with Crippen LogP contribution in [0.2, 0.25) is 0 Å². The van der Waals surface area contributed by atoms with Gasteiger partial charge < -0.3 is 5.32 Å². The Hall–Kier alpha value is -1.68. The number of rotatable bonds is 5. The molecule has 0 unspecified atom stereocenters. The largest absolute Gasteiger partial charge is 0.314 e. The minimum atomic E-state index is -0.236. The van der Waals surface area contributed by atoms with Gasteiger partial charge in [0.2, 0.25) is 0 Å². The van der Waals surface area contributed by atoms with E-state index < -0.39 is 0 Å². The van der Waals surface area contributed by atoms with Crippen LogP contribution in [0, 0.1) is 5.82 Å². The van der Waals surface area contributed by atoms with Gasteiger partial charge in [-0.15, -0.1) is 0 Å². The smallest absolute Gasteiger partial charge is 0.125 e. The second kappa shape index (κ2) is 4.90. The van der Waals surface area contributed by atoms with E-state index >= 15 is 0 Å². The van der Waals surface area contributed by atoms with Crippen LogP contribution in [-0.4, -0.2) is 22.4 Å². The predicted octanol–water partition coefficient (Wildman–Crippen LogP) is 2.31. The molecule has 1 saturated carbocycles. The second-order valence-corrected chi connectivity index (χ2v) is 4.75. The minimum absolute atomic E-state index is 0.236. The molecule has 0 saturated heterocycles. The average Bonchev–Trinajstić information content (AvgIpc) is 3.06. The fourth-order valence-electron chi connectivity index (χ4n) is 1.96. The Morgan fingerprint density at radius 3 is 3.06 bits per heavy atom. The lowest BCUT2D eigenvalue weighted by atomic mass is 10.2. The van der Waals surface area contributed by atoms with Crippen LogP contribution in [0.4, 0.5) is 4.39 Å². The van der Waals surface area contributed by atoms with E-state index in [1.807, 2.05) is 18.5 Å². The van der Waals surface area contributed by atoms with Crippen molar-refractivity contribution in [3.05, 3.63) is 48.0 Å². The first-order chi connectivity index (χ1) is 8.81. The van der Waals surface area contributed by atoms with Crippen molar-refractivity contribution in [2.24, 2.45) is 0 Å². The Bertz CT molecular complexity index is 531. The van der Waals surface area contributed by atoms with Crippen LogP contribution >= 0.6 is 0 Å². The number of halogens is 1. The summed E-state index contributed by atoms with van der Waals surface area (Å²) in [5, 5.41) is 7.73. The maximum atomic E-state index is 13.1. The molecule has 0 bridgehead atoms. The first-order valence-electron chi connectivity index (χ1n) is 6.34. The second-order valence-electron chi connectivity index (χ2n) is 4.75. The number of nitrogens with one attached hydrogen (secondary N) is 1. The van der Waals surface area contributed by atoms with Gasteiger partial charge in [-0.1, -0.05) is 6.07 Å². The highest BCUT2D eigenvalue weighted by Crippen LogP contribution is 2.18. The van der Waals surface area contributed by atoms with Crippen molar-refractivity contribution < 1.29 is 4.39 Å². The molecule has 1 aliphatic carbocycles. The van der Waals surface area contributed by atoms with E-state index in [1.165, 1.54) is 30.5 Å². The van der Waals surface area contributed by atoms with E-state index in [2.05, 4.69) is 10.4 Å². The highest BCUT2D eigenvalue weighted by molar-refractivity contribution is 5.31. The number of hydrogen-bond acceptors (Lipinski definition) is 2. The molecule has 1 heterocycles. The molecule has 1 fully saturated rings. The summed E-state index contributed by atoms with van der Waals surface area (Å²) in [6.07, 6.45) is 7.39. The fourth-order valence-corrected chi connectivity index (χ4v) is 1.96. The van der Waals surface area contributed by atoms with E-state index in [4.69, 9.17) is 0 Å². The summed E-state index contributed by atoms with van der Waals surface area (Å²) in [5.41, 5.74) is 1.93. The first kappa shape index (κ1) is 11.4. The summed E-state index contributed by atoms with van der Waals surface area (Å²) in [7, 11) is 0. The van der Waals surface area contributed by atoms with Gasteiger partial charge in [0.1, 0.15) is 5.82 Å². The standard InChI is InChI=1S/C14H16FN3/c15-12-2-1-3-14(8-12)18-10-11(9-17-18)6-7-16-13-4-5-13/h1-3,8-10,13,16H,4-7H2. The van der Waals surface area contributed by atoms with Crippen LogP contribution in [0.25, 0.3) is 5.69 Å². The molecular formula is C14H16FN3. The van der Waals surface area contributed by atoms with Gasteiger partial charge >= 0.3 is 0 Å². The molecule has 0 radical (unpaired) electrons. The SMILES string of the molecule is Fc1cccc(-n2cc(CCNC3CC3)cn2)c1. The third kappa shape index (κ3) is 2.76. The highest BCUT2D eigenvalue weighted by Gasteiger charge is 2.19. The molecule has 0 spiro atoms. The van der Waals surface area contributed by atoms with Crippen molar-refractivity contribution >= 4 is 0 Å². The molecule has 3 nitrogen and oxygen atoms in total. The Morgan fingerprint density at radius 1 is 1.39 bits per heavy atom. The predicted molar refractivity (Wildman–Crippen MR) is 68.3 cm³/mol. The van der Waals surface area contributed by atoms with Gasteiger partial charge in [0.25, 0.3) is 0 Å². The van der Waals surface area contributed by atoms with E-state index in [1.54, 1.807) is 10.7 Å². The summed E-state index contributed by atoms with van der Waals surface area (Å²) in [6.45, 7) is 0.986. The fraction of sp³-hybridized carbons (Fsp3) is 0.357. The molecule has 1 aromatic carbocycles. The van der Waals surface area contributed by atoms with Gasteiger partial charge in [-0.05, 0) is 49.6 Å². The molecule has 2 aromatic rings. The molecule has 1 N–H and O–H groups in total. The molecule has 4 heteroatoms. The zero-order valence-electron chi connectivity index (χ0n) is 10.1. The average molecular weight is 245 g/mol. The zero-order chi connectivity index (χ0) is 12.4. The Labute approximate surface area is 106 Å². The van der Waals surface area contributed by atoms with Gasteiger partial charge in [0, 0.05) is 12.2 Å². The van der Waals surface area contributed by atoms with Crippen molar-refractivity contribution in [3.8, 4) is 5.69 Å². The monoisotopic (exact) mass is 245 g/mol. The molecule has 1 aromatic heterocycles. The maximum absolute atomic E-state index is 13.1. The number of nitrogens with zero attached hydrogens (tertiary/aromatic N) is 2. The lowest BCUT2D eigenvalue weighted by Crippen LogP contribution is -2.18. The number of benzene rings is 1. The molecule has 18 heavy (non-hydrogen) atoms. The van der Waals surface area contributed by atoms with Crippen LogP contribution < -0.4 is 5.32 Å². The molecular weight excluding hydrogens is 229 g/mol. The lowest BCUT2D eigenvalue weighted by Gasteiger charge is -2.01. The molecule has 3 rings (SSSR count). The Morgan fingerprint density at radius 2 is 2.28 bits per heavy atom. The summed E-state index contributed by atoms with van der Waals surface area (Å²) in [6, 6.07) is 7.21. The Kier molecular flexibility index (Phi) is 3.11. The molecule has 0 amide bonds. The van der Waals surface area contributed by atoms with Crippen molar-refractivity contribution in [1.82, 2.24) is 15.1 Å². The van der Waals surface area contributed by atoms with Crippen LogP contribution in [0.1, 0.15) is 18.4 Å². The third-order valence-electron chi connectivity index (χ3n) is 3.13. The van der Waals surface area contributed by atoms with Gasteiger partial charge in [-0.3, -0.25) is 0 Å². The molecule has 1 aliphatic rings. The minimum Gasteiger partial charge on any atom is -0.314 e. The maximum Gasteiger partial charge on any atom is 0.125 e. The van der Waals surface area contributed by atoms with Gasteiger partial charge in [-0.25, -0.2) is 9.07 Å². The van der Waals surface area contributed by atoms with E-state index in [9.17, 15) is 4.39 Å². The molecule has 94 valence electrons. The topological polar surface area (TPSA) is 29.9 Å². The van der Waals surface area contributed by atoms with Crippen molar-refractivity contribution in [2.75, 3.05) is 6.54 Å². The Balaban J connectivity index is 1.64. The highest BCUT2D eigenvalue weighted by atomic mass is 19.1. The van der Waals surface area contributed by atoms with Gasteiger partial charge in [0.15, 0.2) is 0 Å². The van der Waals surface area contributed by atoms with Crippen molar-refractivity contribution in [2.45, 2.75) is 25.3 Å². The van der Waals surface area contributed by atoms with E-state index in [-0.39, 0.29) is 5.82 Å². The first-order valence-corrected chi connectivity index (χ1v) is 6.34. The van der Waals surface area contributed by atoms with Gasteiger partial charge in [0.05, 0.1) is 11.9 Å². The normalized spacial score (nSPS) is 14.9. The zero-order valence-corrected chi connectivity index (χ0v) is 10.1. The van der Waals surface area contributed by atoms with Crippen molar-refractivity contribution in [1.29, 1.82) is 0 Å². The summed E-state index contributed by atoms with van der Waals surface area (Å²) in [4.78, 5) is 0. The quantitative estimate of drug-likeness (QED) is 0.876. The van der Waals surface area contributed by atoms with Crippen LogP contribution in [0.3, 0.4) is 0 Å². The van der Waals surface area contributed by atoms with Crippen LogP contribution in [0.5, 0.6) is 0 Å². The van der Waals surface area contributed by atoms with E-state index in [0.29, 0.717) is 0 Å². The van der Waals surface area contributed by atoms with E-state index in [0.717, 1.165) is 24.7 Å². The molecule has 0 atom stereocenters. The van der Waals surface area contributed by atoms with Gasteiger partial charge in [-0.2, -0.15) is 5.10 Å². The lowest BCUT2D eigenvalue weighted by molar-refractivity contribution is 0.625. The summed E-state index contributed by atoms with van der Waals surface area (Å²) < 4.78 is 14.8. The molecule has 0 aliphatic heterocycles. The van der Waals surface area contributed by atoms with Crippen molar-refractivity contribution in [3.63, 3.8) is 0 Å². The summed E-state index contributed by atoms with van der Waals surface area (Å²) in [5.74, 6) is -0.236. The van der Waals surface area contributed by atoms with Crippen LogP contribution in [-0.2, 0) is 6.42 Å². The number of hydrogen-bond donors (Lipinski definition) is 1.